The summed E-state index contributed by atoms with van der Waals surface area (Å²) in [5.74, 6) is 0.569. The molecule has 8 heteroatoms. The van der Waals surface area contributed by atoms with Crippen LogP contribution in [0.25, 0.3) is 0 Å². The summed E-state index contributed by atoms with van der Waals surface area (Å²) in [6.07, 6.45) is 1.78. The minimum Gasteiger partial charge on any atom is -0.490 e. The van der Waals surface area contributed by atoms with E-state index in [1.54, 1.807) is 54.6 Å². The highest BCUT2D eigenvalue weighted by molar-refractivity contribution is 7.92. The Morgan fingerprint density at radius 1 is 1.30 bits per heavy atom. The van der Waals surface area contributed by atoms with E-state index in [0.717, 1.165) is 6.26 Å². The lowest BCUT2D eigenvalue weighted by atomic mass is 10.2. The molecule has 0 radical (unpaired) electrons. The predicted octanol–water partition coefficient (Wildman–Crippen LogP) is 2.42. The Morgan fingerprint density at radius 2 is 2.00 bits per heavy atom. The average Bonchev–Trinajstić information content (AvgIpc) is 2.65. The average molecular weight is 388 g/mol. The van der Waals surface area contributed by atoms with Gasteiger partial charge in [-0.15, -0.1) is 0 Å². The zero-order chi connectivity index (χ0) is 19.4. The van der Waals surface area contributed by atoms with Crippen LogP contribution in [0.4, 0.5) is 11.4 Å². The van der Waals surface area contributed by atoms with Crippen molar-refractivity contribution in [2.45, 2.75) is 6.10 Å². The molecule has 1 heterocycles. The van der Waals surface area contributed by atoms with Crippen molar-refractivity contribution in [3.05, 3.63) is 61.2 Å². The number of hydrogen-bond acceptors (Lipinski definition) is 5. The third-order valence-corrected chi connectivity index (χ3v) is 5.06. The summed E-state index contributed by atoms with van der Waals surface area (Å²) < 4.78 is 36.5. The molecular weight excluding hydrogens is 368 g/mol. The first kappa shape index (κ1) is 18.8. The molecule has 0 spiro atoms. The van der Waals surface area contributed by atoms with Crippen LogP contribution in [0.2, 0.25) is 0 Å². The number of sulfonamides is 1. The molecule has 1 aliphatic rings. The van der Waals surface area contributed by atoms with E-state index >= 15 is 0 Å². The van der Waals surface area contributed by atoms with Gasteiger partial charge in [-0.1, -0.05) is 24.8 Å². The second kappa shape index (κ2) is 7.71. The van der Waals surface area contributed by atoms with E-state index in [4.69, 9.17) is 9.47 Å². The van der Waals surface area contributed by atoms with Crippen LogP contribution in [0.15, 0.2) is 61.2 Å². The molecule has 0 aliphatic carbocycles. The van der Waals surface area contributed by atoms with Crippen LogP contribution in [-0.4, -0.2) is 39.8 Å². The van der Waals surface area contributed by atoms with E-state index in [1.807, 2.05) is 0 Å². The fourth-order valence-corrected chi connectivity index (χ4v) is 3.58. The van der Waals surface area contributed by atoms with Crippen molar-refractivity contribution in [3.63, 3.8) is 0 Å². The standard InChI is InChI=1S/C19H20N2O5S/c1-3-12-25-15-10-8-14(9-11-15)20-19(22)18-13-21(27(2,23)24)16-6-4-5-7-17(16)26-18/h3-11,18H,1,12-13H2,2H3,(H,20,22)/t18-/m1/s1. The van der Waals surface area contributed by atoms with Gasteiger partial charge in [0.1, 0.15) is 18.1 Å². The van der Waals surface area contributed by atoms with Gasteiger partial charge in [0.05, 0.1) is 18.5 Å². The predicted molar refractivity (Wildman–Crippen MR) is 104 cm³/mol. The summed E-state index contributed by atoms with van der Waals surface area (Å²) in [7, 11) is -3.54. The van der Waals surface area contributed by atoms with E-state index in [9.17, 15) is 13.2 Å². The summed E-state index contributed by atoms with van der Waals surface area (Å²) in [6.45, 7) is 3.88. The fourth-order valence-electron chi connectivity index (χ4n) is 2.67. The summed E-state index contributed by atoms with van der Waals surface area (Å²) >= 11 is 0. The zero-order valence-corrected chi connectivity index (χ0v) is 15.6. The molecule has 2 aromatic rings. The van der Waals surface area contributed by atoms with Gasteiger partial charge >= 0.3 is 0 Å². The number of para-hydroxylation sites is 2. The van der Waals surface area contributed by atoms with Gasteiger partial charge < -0.3 is 14.8 Å². The molecule has 7 nitrogen and oxygen atoms in total. The molecule has 0 aromatic heterocycles. The Labute approximate surface area is 158 Å². The minimum atomic E-state index is -3.54. The highest BCUT2D eigenvalue weighted by Crippen LogP contribution is 2.34. The van der Waals surface area contributed by atoms with Gasteiger partial charge in [-0.2, -0.15) is 0 Å². The molecule has 1 amide bonds. The lowest BCUT2D eigenvalue weighted by molar-refractivity contribution is -0.122. The third-order valence-electron chi connectivity index (χ3n) is 3.92. The number of fused-ring (bicyclic) bond motifs is 1. The molecule has 3 rings (SSSR count). The van der Waals surface area contributed by atoms with Crippen molar-refractivity contribution in [1.82, 2.24) is 0 Å². The highest BCUT2D eigenvalue weighted by Gasteiger charge is 2.34. The van der Waals surface area contributed by atoms with Crippen molar-refractivity contribution in [1.29, 1.82) is 0 Å². The Morgan fingerprint density at radius 3 is 2.67 bits per heavy atom. The van der Waals surface area contributed by atoms with Crippen molar-refractivity contribution >= 4 is 27.3 Å². The van der Waals surface area contributed by atoms with Gasteiger partial charge in [-0.25, -0.2) is 8.42 Å². The number of carbonyl (C=O) groups excluding carboxylic acids is 1. The first-order chi connectivity index (χ1) is 12.9. The SMILES string of the molecule is C=CCOc1ccc(NC(=O)[C@H]2CN(S(C)(=O)=O)c3ccccc3O2)cc1. The molecule has 1 aliphatic heterocycles. The van der Waals surface area contributed by atoms with Crippen molar-refractivity contribution < 1.29 is 22.7 Å². The molecule has 0 fully saturated rings. The summed E-state index contributed by atoms with van der Waals surface area (Å²) in [6, 6.07) is 13.6. The van der Waals surface area contributed by atoms with Crippen molar-refractivity contribution in [2.24, 2.45) is 0 Å². The summed E-state index contributed by atoms with van der Waals surface area (Å²) in [5.41, 5.74) is 0.979. The lowest BCUT2D eigenvalue weighted by Crippen LogP contribution is -2.48. The van der Waals surface area contributed by atoms with Crippen LogP contribution in [0.1, 0.15) is 0 Å². The van der Waals surface area contributed by atoms with Crippen LogP contribution in [0, 0.1) is 0 Å². The highest BCUT2D eigenvalue weighted by atomic mass is 32.2. The number of rotatable bonds is 6. The van der Waals surface area contributed by atoms with Crippen molar-refractivity contribution in [3.8, 4) is 11.5 Å². The number of carbonyl (C=O) groups is 1. The molecule has 0 bridgehead atoms. The van der Waals surface area contributed by atoms with Crippen LogP contribution in [0.5, 0.6) is 11.5 Å². The normalized spacial score (nSPS) is 16.0. The Hall–Kier alpha value is -3.00. The molecule has 1 N–H and O–H groups in total. The van der Waals surface area contributed by atoms with Gasteiger partial charge in [0.25, 0.3) is 5.91 Å². The third kappa shape index (κ3) is 4.40. The van der Waals surface area contributed by atoms with Crippen LogP contribution in [0.3, 0.4) is 0 Å². The van der Waals surface area contributed by atoms with Crippen LogP contribution >= 0.6 is 0 Å². The largest absolute Gasteiger partial charge is 0.490 e. The summed E-state index contributed by atoms with van der Waals surface area (Å²) in [4.78, 5) is 12.6. The van der Waals surface area contributed by atoms with Gasteiger partial charge in [0.15, 0.2) is 6.10 Å². The molecule has 27 heavy (non-hydrogen) atoms. The number of benzene rings is 2. The molecule has 0 saturated carbocycles. The van der Waals surface area contributed by atoms with E-state index in [1.165, 1.54) is 4.31 Å². The number of anilines is 2. The van der Waals surface area contributed by atoms with E-state index in [-0.39, 0.29) is 6.54 Å². The lowest BCUT2D eigenvalue weighted by Gasteiger charge is -2.33. The van der Waals surface area contributed by atoms with E-state index < -0.39 is 22.0 Å². The van der Waals surface area contributed by atoms with Crippen LogP contribution < -0.4 is 19.1 Å². The van der Waals surface area contributed by atoms with Gasteiger partial charge in [0, 0.05) is 5.69 Å². The molecule has 0 saturated heterocycles. The zero-order valence-electron chi connectivity index (χ0n) is 14.8. The molecule has 0 unspecified atom stereocenters. The Balaban J connectivity index is 1.74. The second-order valence-electron chi connectivity index (χ2n) is 5.98. The Kier molecular flexibility index (Phi) is 5.36. The molecule has 2 aromatic carbocycles. The molecule has 1 atom stereocenters. The second-order valence-corrected chi connectivity index (χ2v) is 7.89. The smallest absolute Gasteiger partial charge is 0.267 e. The number of nitrogens with zero attached hydrogens (tertiary/aromatic N) is 1. The maximum Gasteiger partial charge on any atom is 0.267 e. The van der Waals surface area contributed by atoms with E-state index in [2.05, 4.69) is 11.9 Å². The number of ether oxygens (including phenoxy) is 2. The van der Waals surface area contributed by atoms with Crippen LogP contribution in [-0.2, 0) is 14.8 Å². The van der Waals surface area contributed by atoms with Crippen molar-refractivity contribution in [2.75, 3.05) is 29.0 Å². The molecule has 142 valence electrons. The van der Waals surface area contributed by atoms with Gasteiger partial charge in [0.2, 0.25) is 10.0 Å². The monoisotopic (exact) mass is 388 g/mol. The quantitative estimate of drug-likeness (QED) is 0.768. The topological polar surface area (TPSA) is 84.9 Å². The maximum atomic E-state index is 12.6. The maximum absolute atomic E-state index is 12.6. The first-order valence-corrected chi connectivity index (χ1v) is 10.1. The minimum absolute atomic E-state index is 0.0950. The Bertz CT molecular complexity index is 941. The van der Waals surface area contributed by atoms with Gasteiger partial charge in [-0.05, 0) is 36.4 Å². The van der Waals surface area contributed by atoms with E-state index in [0.29, 0.717) is 29.5 Å². The number of nitrogens with one attached hydrogen (secondary N) is 1. The number of hydrogen-bond donors (Lipinski definition) is 1. The summed E-state index contributed by atoms with van der Waals surface area (Å²) in [5, 5.41) is 2.74. The number of amides is 1. The molecular formula is C19H20N2O5S. The fraction of sp³-hybridized carbons (Fsp3) is 0.211. The van der Waals surface area contributed by atoms with Gasteiger partial charge in [-0.3, -0.25) is 9.10 Å². The first-order valence-electron chi connectivity index (χ1n) is 8.26.